The number of fused-ring (bicyclic) bond motifs is 2. The van der Waals surface area contributed by atoms with Crippen molar-refractivity contribution in [2.75, 3.05) is 32.3 Å². The fraction of sp³-hybridized carbons (Fsp3) is 0.615. The summed E-state index contributed by atoms with van der Waals surface area (Å²) < 4.78 is 22.3. The molecule has 0 bridgehead atoms. The standard InChI is InChI=1S/C39H55ClN4O6/c1-6-21-47-29-16-17-34-32(24-29)36-30(15-9-11-20-46)27(13-8-10-19-45)23-31-33(42-50-38(3,4)5)25-35(39(49-34,37(31)36)48-22-7-2)44-28(14-12-18-40)26-41-43-44/h6-7,16-17,23-24,26-27,30,35-37,45-46H,1-2,8-15,18-22,25H2,3-5H3. The number of rotatable bonds is 19. The molecule has 1 aliphatic heterocycles. The average molecular weight is 711 g/mol. The number of ether oxygens (including phenoxy) is 3. The largest absolute Gasteiger partial charge is 0.490 e. The summed E-state index contributed by atoms with van der Waals surface area (Å²) in [7, 11) is 0. The monoisotopic (exact) mass is 710 g/mol. The number of allylic oxidation sites excluding steroid dienone is 1. The van der Waals surface area contributed by atoms with Gasteiger partial charge in [-0.25, -0.2) is 4.68 Å². The number of alkyl halides is 1. The van der Waals surface area contributed by atoms with E-state index in [1.165, 1.54) is 0 Å². The van der Waals surface area contributed by atoms with Crippen molar-refractivity contribution >= 4 is 17.3 Å². The lowest BCUT2D eigenvalue weighted by molar-refractivity contribution is -0.252. The zero-order chi connectivity index (χ0) is 35.7. The lowest BCUT2D eigenvalue weighted by Gasteiger charge is -2.58. The summed E-state index contributed by atoms with van der Waals surface area (Å²) in [6.07, 6.45) is 14.6. The van der Waals surface area contributed by atoms with E-state index in [1.54, 1.807) is 18.3 Å². The van der Waals surface area contributed by atoms with Crippen LogP contribution in [-0.4, -0.2) is 74.6 Å². The fourth-order valence-electron chi connectivity index (χ4n) is 7.97. The normalized spacial score (nSPS) is 26.4. The highest BCUT2D eigenvalue weighted by molar-refractivity contribution is 6.17. The van der Waals surface area contributed by atoms with Gasteiger partial charge in [0, 0.05) is 37.0 Å². The Balaban J connectivity index is 1.79. The number of unbranched alkanes of at least 4 members (excludes halogenated alkanes) is 2. The van der Waals surface area contributed by atoms with Gasteiger partial charge in [-0.3, -0.25) is 0 Å². The van der Waals surface area contributed by atoms with Crippen LogP contribution >= 0.6 is 11.6 Å². The van der Waals surface area contributed by atoms with Gasteiger partial charge in [-0.05, 0) is 94.9 Å². The van der Waals surface area contributed by atoms with Gasteiger partial charge >= 0.3 is 0 Å². The number of hydrogen-bond acceptors (Lipinski definition) is 9. The maximum Gasteiger partial charge on any atom is 0.241 e. The molecule has 1 aromatic carbocycles. The van der Waals surface area contributed by atoms with E-state index in [4.69, 9.17) is 35.8 Å². The van der Waals surface area contributed by atoms with Gasteiger partial charge in [-0.1, -0.05) is 48.0 Å². The molecule has 6 atom stereocenters. The summed E-state index contributed by atoms with van der Waals surface area (Å²) in [5.74, 6) is 0.789. The molecule has 2 heterocycles. The molecular formula is C39H55ClN4O6. The molecule has 0 spiro atoms. The predicted octanol–water partition coefficient (Wildman–Crippen LogP) is 7.32. The summed E-state index contributed by atoms with van der Waals surface area (Å²) >= 11 is 6.16. The maximum absolute atomic E-state index is 9.83. The second-order valence-corrected chi connectivity index (χ2v) is 14.9. The van der Waals surface area contributed by atoms with Crippen LogP contribution in [-0.2, 0) is 16.0 Å². The second-order valence-electron chi connectivity index (χ2n) is 14.5. The molecule has 11 heteroatoms. The van der Waals surface area contributed by atoms with Gasteiger partial charge in [0.1, 0.15) is 29.7 Å². The van der Waals surface area contributed by atoms with E-state index in [1.807, 2.05) is 37.6 Å². The van der Waals surface area contributed by atoms with Crippen LogP contribution in [0, 0.1) is 17.8 Å². The lowest BCUT2D eigenvalue weighted by atomic mass is 9.55. The van der Waals surface area contributed by atoms with E-state index < -0.39 is 17.4 Å². The van der Waals surface area contributed by atoms with Crippen molar-refractivity contribution in [2.45, 2.75) is 102 Å². The van der Waals surface area contributed by atoms with Crippen molar-refractivity contribution in [1.29, 1.82) is 0 Å². The third-order valence-corrected chi connectivity index (χ3v) is 10.2. The van der Waals surface area contributed by atoms with Crippen LogP contribution in [0.15, 0.2) is 66.5 Å². The first kappa shape index (κ1) is 38.1. The molecule has 1 saturated carbocycles. The van der Waals surface area contributed by atoms with Gasteiger partial charge in [0.2, 0.25) is 5.79 Å². The van der Waals surface area contributed by atoms with Crippen LogP contribution in [0.1, 0.15) is 95.4 Å². The van der Waals surface area contributed by atoms with Crippen molar-refractivity contribution in [1.82, 2.24) is 15.0 Å². The summed E-state index contributed by atoms with van der Waals surface area (Å²) in [5.41, 5.74) is 3.38. The number of halogens is 1. The van der Waals surface area contributed by atoms with Crippen LogP contribution < -0.4 is 9.47 Å². The number of benzene rings is 1. The minimum absolute atomic E-state index is 0.0638. The molecule has 274 valence electrons. The molecule has 10 nitrogen and oxygen atoms in total. The van der Waals surface area contributed by atoms with Crippen molar-refractivity contribution in [3.63, 3.8) is 0 Å². The lowest BCUT2D eigenvalue weighted by Crippen LogP contribution is -2.63. The van der Waals surface area contributed by atoms with Crippen molar-refractivity contribution in [3.8, 4) is 11.5 Å². The van der Waals surface area contributed by atoms with Crippen LogP contribution in [0.3, 0.4) is 0 Å². The zero-order valence-electron chi connectivity index (χ0n) is 29.9. The van der Waals surface area contributed by atoms with E-state index in [-0.39, 0.29) is 43.5 Å². The average Bonchev–Trinajstić information content (AvgIpc) is 3.57. The molecule has 2 aromatic rings. The molecule has 1 fully saturated rings. The summed E-state index contributed by atoms with van der Waals surface area (Å²) in [5, 5.41) is 33.5. The van der Waals surface area contributed by atoms with Crippen LogP contribution in [0.4, 0.5) is 0 Å². The molecule has 6 unspecified atom stereocenters. The Kier molecular flexibility index (Phi) is 13.2. The quantitative estimate of drug-likeness (QED) is 0.0674. The summed E-state index contributed by atoms with van der Waals surface area (Å²) in [6.45, 7) is 14.8. The number of aliphatic hydroxyl groups excluding tert-OH is 2. The zero-order valence-corrected chi connectivity index (χ0v) is 30.7. The summed E-state index contributed by atoms with van der Waals surface area (Å²) in [4.78, 5) is 6.18. The first-order chi connectivity index (χ1) is 24.2. The smallest absolute Gasteiger partial charge is 0.241 e. The summed E-state index contributed by atoms with van der Waals surface area (Å²) in [6, 6.07) is 5.59. The number of hydrogen-bond donors (Lipinski definition) is 2. The molecule has 2 N–H and O–H groups in total. The SMILES string of the molecule is C=CCOc1ccc2c(c1)C1C(CCCCO)C(CCCCO)C=C3C(=NOC(C)(C)C)CC(n4nncc4CCCCl)C(OCC=C)(O2)C31. The number of nitrogens with zero attached hydrogens (tertiary/aromatic N) is 4. The molecule has 0 saturated heterocycles. The molecule has 2 aliphatic carbocycles. The fourth-order valence-corrected chi connectivity index (χ4v) is 8.10. The van der Waals surface area contributed by atoms with E-state index in [0.717, 1.165) is 79.0 Å². The molecule has 1 aromatic heterocycles. The second kappa shape index (κ2) is 17.4. The first-order valence-electron chi connectivity index (χ1n) is 18.2. The van der Waals surface area contributed by atoms with Crippen molar-refractivity contribution in [3.05, 3.63) is 72.6 Å². The van der Waals surface area contributed by atoms with Gasteiger partial charge in [0.15, 0.2) is 0 Å². The molecule has 5 rings (SSSR count). The number of aliphatic hydroxyl groups is 2. The third-order valence-electron chi connectivity index (χ3n) is 9.95. The number of aryl methyl sites for hydroxylation is 1. The van der Waals surface area contributed by atoms with Gasteiger partial charge < -0.3 is 29.3 Å². The highest BCUT2D eigenvalue weighted by Crippen LogP contribution is 2.63. The Bertz CT molecular complexity index is 1500. The minimum atomic E-state index is -1.20. The maximum atomic E-state index is 9.83. The molecule has 0 radical (unpaired) electrons. The van der Waals surface area contributed by atoms with Gasteiger partial charge in [0.25, 0.3) is 0 Å². The van der Waals surface area contributed by atoms with Crippen LogP contribution in [0.5, 0.6) is 11.5 Å². The Labute approximate surface area is 302 Å². The Morgan fingerprint density at radius 3 is 2.54 bits per heavy atom. The molecule has 3 aliphatic rings. The minimum Gasteiger partial charge on any atom is -0.490 e. The highest BCUT2D eigenvalue weighted by Gasteiger charge is 2.65. The highest BCUT2D eigenvalue weighted by atomic mass is 35.5. The predicted molar refractivity (Wildman–Crippen MR) is 196 cm³/mol. The van der Waals surface area contributed by atoms with E-state index in [9.17, 15) is 10.2 Å². The van der Waals surface area contributed by atoms with Gasteiger partial charge in [0.05, 0.1) is 30.1 Å². The van der Waals surface area contributed by atoms with Crippen molar-refractivity contribution in [2.24, 2.45) is 22.9 Å². The topological polar surface area (TPSA) is 120 Å². The Hall–Kier alpha value is -3.18. The third kappa shape index (κ3) is 8.30. The van der Waals surface area contributed by atoms with E-state index in [0.29, 0.717) is 25.3 Å². The Morgan fingerprint density at radius 1 is 1.08 bits per heavy atom. The van der Waals surface area contributed by atoms with E-state index >= 15 is 0 Å². The molecule has 0 amide bonds. The number of aromatic nitrogens is 3. The molecule has 50 heavy (non-hydrogen) atoms. The van der Waals surface area contributed by atoms with Crippen molar-refractivity contribution < 1.29 is 29.3 Å². The van der Waals surface area contributed by atoms with Crippen LogP contribution in [0.2, 0.25) is 0 Å². The first-order valence-corrected chi connectivity index (χ1v) is 18.7. The Morgan fingerprint density at radius 2 is 1.84 bits per heavy atom. The van der Waals surface area contributed by atoms with Gasteiger partial charge in [-0.15, -0.1) is 23.3 Å². The number of oxime groups is 1. The van der Waals surface area contributed by atoms with Gasteiger partial charge in [-0.2, -0.15) is 0 Å². The molecular weight excluding hydrogens is 656 g/mol. The van der Waals surface area contributed by atoms with Crippen LogP contribution in [0.25, 0.3) is 0 Å². The van der Waals surface area contributed by atoms with E-state index in [2.05, 4.69) is 35.6 Å².